The molecule has 2 atom stereocenters. The zero-order valence-corrected chi connectivity index (χ0v) is 9.63. The Bertz CT molecular complexity index is 270. The second kappa shape index (κ2) is 5.61. The van der Waals surface area contributed by atoms with Crippen LogP contribution in [0.2, 0.25) is 0 Å². The van der Waals surface area contributed by atoms with Gasteiger partial charge in [0.1, 0.15) is 0 Å². The second-order valence-electron chi connectivity index (χ2n) is 4.01. The van der Waals surface area contributed by atoms with Crippen LogP contribution >= 0.6 is 11.3 Å². The number of thiophene rings is 1. The molecule has 1 aliphatic heterocycles. The molecule has 3 nitrogen and oxygen atoms in total. The maximum absolute atomic E-state index is 5.59. The summed E-state index contributed by atoms with van der Waals surface area (Å²) in [5.41, 5.74) is 2.93. The van der Waals surface area contributed by atoms with Crippen molar-refractivity contribution in [3.05, 3.63) is 22.4 Å². The third kappa shape index (κ3) is 3.01. The monoisotopic (exact) mass is 226 g/mol. The van der Waals surface area contributed by atoms with Gasteiger partial charge in [-0.1, -0.05) is 6.07 Å². The van der Waals surface area contributed by atoms with E-state index in [1.165, 1.54) is 4.88 Å². The molecule has 1 aromatic rings. The van der Waals surface area contributed by atoms with E-state index in [1.54, 1.807) is 0 Å². The molecule has 0 aromatic carbocycles. The molecular formula is C11H18N2OS. The molecule has 84 valence electrons. The molecule has 2 heterocycles. The number of aryl methyl sites for hydroxylation is 1. The van der Waals surface area contributed by atoms with Crippen LogP contribution < -0.4 is 11.3 Å². The maximum atomic E-state index is 5.59. The number of rotatable bonds is 5. The molecule has 1 aliphatic rings. The Morgan fingerprint density at radius 2 is 2.60 bits per heavy atom. The van der Waals surface area contributed by atoms with Crippen LogP contribution in [-0.4, -0.2) is 19.3 Å². The minimum Gasteiger partial charge on any atom is -0.381 e. The van der Waals surface area contributed by atoms with Gasteiger partial charge < -0.3 is 4.74 Å². The Morgan fingerprint density at radius 3 is 3.20 bits per heavy atom. The summed E-state index contributed by atoms with van der Waals surface area (Å²) in [6.07, 6.45) is 3.35. The Hall–Kier alpha value is -0.420. The molecule has 2 rings (SSSR count). The van der Waals surface area contributed by atoms with Crippen LogP contribution in [0.4, 0.5) is 0 Å². The van der Waals surface area contributed by atoms with Crippen LogP contribution in [0.1, 0.15) is 17.7 Å². The van der Waals surface area contributed by atoms with Gasteiger partial charge in [-0.2, -0.15) is 0 Å². The first-order valence-electron chi connectivity index (χ1n) is 5.46. The van der Waals surface area contributed by atoms with Crippen LogP contribution in [0.25, 0.3) is 0 Å². The van der Waals surface area contributed by atoms with Crippen molar-refractivity contribution in [3.8, 4) is 0 Å². The van der Waals surface area contributed by atoms with Gasteiger partial charge >= 0.3 is 0 Å². The third-order valence-corrected chi connectivity index (χ3v) is 3.97. The van der Waals surface area contributed by atoms with E-state index in [-0.39, 0.29) is 0 Å². The van der Waals surface area contributed by atoms with Gasteiger partial charge in [-0.05, 0) is 30.7 Å². The van der Waals surface area contributed by atoms with Crippen molar-refractivity contribution in [1.29, 1.82) is 0 Å². The van der Waals surface area contributed by atoms with E-state index in [0.717, 1.165) is 32.5 Å². The number of nitrogens with one attached hydrogen (secondary N) is 1. The second-order valence-corrected chi connectivity index (χ2v) is 5.05. The standard InChI is InChI=1S/C11H18N2OS/c12-13-11(9-5-6-14-8-9)4-3-10-2-1-7-15-10/h1-2,7,9,11,13H,3-6,8,12H2. The first-order valence-corrected chi connectivity index (χ1v) is 6.34. The molecule has 0 amide bonds. The first kappa shape index (κ1) is 11.1. The minimum atomic E-state index is 0.398. The van der Waals surface area contributed by atoms with Gasteiger partial charge in [0, 0.05) is 23.4 Å². The molecule has 0 radical (unpaired) electrons. The molecule has 0 aliphatic carbocycles. The lowest BCUT2D eigenvalue weighted by Crippen LogP contribution is -2.41. The number of hydrogen-bond donors (Lipinski definition) is 2. The average Bonchev–Trinajstić information content (AvgIpc) is 2.90. The van der Waals surface area contributed by atoms with Gasteiger partial charge in [0.25, 0.3) is 0 Å². The van der Waals surface area contributed by atoms with Crippen molar-refractivity contribution < 1.29 is 4.74 Å². The average molecular weight is 226 g/mol. The predicted molar refractivity (Wildman–Crippen MR) is 62.7 cm³/mol. The van der Waals surface area contributed by atoms with Crippen LogP contribution in [0.15, 0.2) is 17.5 Å². The molecule has 3 N–H and O–H groups in total. The quantitative estimate of drug-likeness (QED) is 0.591. The summed E-state index contributed by atoms with van der Waals surface area (Å²) < 4.78 is 5.38. The number of ether oxygens (including phenoxy) is 1. The largest absolute Gasteiger partial charge is 0.381 e. The first-order chi connectivity index (χ1) is 7.40. The smallest absolute Gasteiger partial charge is 0.0510 e. The van der Waals surface area contributed by atoms with Crippen molar-refractivity contribution >= 4 is 11.3 Å². The summed E-state index contributed by atoms with van der Waals surface area (Å²) in [6, 6.07) is 4.68. The SMILES string of the molecule is NNC(CCc1cccs1)C1CCOC1. The summed E-state index contributed by atoms with van der Waals surface area (Å²) in [6.45, 7) is 1.75. The molecule has 1 saturated heterocycles. The van der Waals surface area contributed by atoms with Crippen LogP contribution in [0, 0.1) is 5.92 Å². The summed E-state index contributed by atoms with van der Waals surface area (Å²) in [4.78, 5) is 1.44. The summed E-state index contributed by atoms with van der Waals surface area (Å²) >= 11 is 1.82. The number of hydrazine groups is 1. The van der Waals surface area contributed by atoms with Gasteiger partial charge in [0.2, 0.25) is 0 Å². The van der Waals surface area contributed by atoms with Gasteiger partial charge in [0.15, 0.2) is 0 Å². The zero-order valence-electron chi connectivity index (χ0n) is 8.82. The molecule has 0 spiro atoms. The summed E-state index contributed by atoms with van der Waals surface area (Å²) in [7, 11) is 0. The molecule has 2 unspecified atom stereocenters. The van der Waals surface area contributed by atoms with Gasteiger partial charge in [-0.3, -0.25) is 11.3 Å². The van der Waals surface area contributed by atoms with E-state index in [9.17, 15) is 0 Å². The maximum Gasteiger partial charge on any atom is 0.0510 e. The van der Waals surface area contributed by atoms with Crippen LogP contribution in [-0.2, 0) is 11.2 Å². The van der Waals surface area contributed by atoms with Crippen LogP contribution in [0.5, 0.6) is 0 Å². The molecule has 15 heavy (non-hydrogen) atoms. The minimum absolute atomic E-state index is 0.398. The van der Waals surface area contributed by atoms with E-state index in [1.807, 2.05) is 11.3 Å². The number of hydrogen-bond acceptors (Lipinski definition) is 4. The zero-order chi connectivity index (χ0) is 10.5. The highest BCUT2D eigenvalue weighted by molar-refractivity contribution is 7.09. The lowest BCUT2D eigenvalue weighted by molar-refractivity contribution is 0.175. The van der Waals surface area contributed by atoms with Crippen molar-refractivity contribution in [2.24, 2.45) is 11.8 Å². The topological polar surface area (TPSA) is 47.3 Å². The molecule has 4 heteroatoms. The third-order valence-electron chi connectivity index (χ3n) is 3.03. The fraction of sp³-hybridized carbons (Fsp3) is 0.636. The summed E-state index contributed by atoms with van der Waals surface area (Å²) in [5, 5.41) is 2.12. The Labute approximate surface area is 94.6 Å². The predicted octanol–water partition coefficient (Wildman–Crippen LogP) is 1.55. The molecular weight excluding hydrogens is 208 g/mol. The van der Waals surface area contributed by atoms with Gasteiger partial charge in [-0.25, -0.2) is 0 Å². The van der Waals surface area contributed by atoms with Crippen molar-refractivity contribution in [3.63, 3.8) is 0 Å². The lowest BCUT2D eigenvalue weighted by Gasteiger charge is -2.20. The highest BCUT2D eigenvalue weighted by atomic mass is 32.1. The fourth-order valence-electron chi connectivity index (χ4n) is 2.08. The molecule has 1 aromatic heterocycles. The van der Waals surface area contributed by atoms with E-state index in [0.29, 0.717) is 12.0 Å². The highest BCUT2D eigenvalue weighted by Gasteiger charge is 2.24. The summed E-state index contributed by atoms with van der Waals surface area (Å²) in [5.74, 6) is 6.18. The highest BCUT2D eigenvalue weighted by Crippen LogP contribution is 2.21. The van der Waals surface area contributed by atoms with Gasteiger partial charge in [0.05, 0.1) is 6.61 Å². The molecule has 1 fully saturated rings. The Morgan fingerprint density at radius 1 is 1.67 bits per heavy atom. The Balaban J connectivity index is 1.80. The van der Waals surface area contributed by atoms with Crippen molar-refractivity contribution in [2.75, 3.05) is 13.2 Å². The van der Waals surface area contributed by atoms with E-state index < -0.39 is 0 Å². The Kier molecular flexibility index (Phi) is 4.14. The van der Waals surface area contributed by atoms with E-state index in [4.69, 9.17) is 10.6 Å². The molecule has 0 bridgehead atoms. The van der Waals surface area contributed by atoms with Crippen molar-refractivity contribution in [2.45, 2.75) is 25.3 Å². The van der Waals surface area contributed by atoms with Crippen molar-refractivity contribution in [1.82, 2.24) is 5.43 Å². The van der Waals surface area contributed by atoms with E-state index in [2.05, 4.69) is 22.9 Å². The normalized spacial score (nSPS) is 23.1. The number of nitrogens with two attached hydrogens (primary N) is 1. The fourth-order valence-corrected chi connectivity index (χ4v) is 2.80. The van der Waals surface area contributed by atoms with Gasteiger partial charge in [-0.15, -0.1) is 11.3 Å². The lowest BCUT2D eigenvalue weighted by atomic mass is 9.95. The molecule has 0 saturated carbocycles. The van der Waals surface area contributed by atoms with E-state index >= 15 is 0 Å². The van der Waals surface area contributed by atoms with Crippen LogP contribution in [0.3, 0.4) is 0 Å².